The Kier molecular flexibility index (Phi) is 7.45. The van der Waals surface area contributed by atoms with Gasteiger partial charge in [-0.1, -0.05) is 63.9 Å². The fourth-order valence-corrected chi connectivity index (χ4v) is 3.53. The van der Waals surface area contributed by atoms with Gasteiger partial charge >= 0.3 is 0 Å². The van der Waals surface area contributed by atoms with Crippen LogP contribution >= 0.6 is 11.8 Å². The van der Waals surface area contributed by atoms with Crippen molar-refractivity contribution < 1.29 is 0 Å². The zero-order valence-electron chi connectivity index (χ0n) is 11.9. The van der Waals surface area contributed by atoms with E-state index in [1.165, 1.54) is 18.4 Å². The van der Waals surface area contributed by atoms with Crippen LogP contribution < -0.4 is 5.73 Å². The van der Waals surface area contributed by atoms with E-state index in [-0.39, 0.29) is 0 Å². The number of thioether (sulfide) groups is 1. The Bertz CT molecular complexity index is 310. The number of unbranched alkanes of at least 4 members (excludes halogenated alkanes) is 1. The van der Waals surface area contributed by atoms with Crippen molar-refractivity contribution in [3.05, 3.63) is 35.9 Å². The van der Waals surface area contributed by atoms with Crippen LogP contribution in [-0.2, 0) is 5.75 Å². The molecule has 0 heterocycles. The molecule has 0 aliphatic heterocycles. The Morgan fingerprint density at radius 2 is 1.83 bits per heavy atom. The fraction of sp³-hybridized carbons (Fsp3) is 0.625. The molecule has 102 valence electrons. The van der Waals surface area contributed by atoms with Crippen LogP contribution in [0, 0.1) is 5.92 Å². The molecular formula is C16H27NS. The molecule has 2 atom stereocenters. The van der Waals surface area contributed by atoms with Crippen molar-refractivity contribution in [1.29, 1.82) is 0 Å². The van der Waals surface area contributed by atoms with Crippen molar-refractivity contribution in [2.24, 2.45) is 11.7 Å². The third-order valence-corrected chi connectivity index (χ3v) is 5.03. The highest BCUT2D eigenvalue weighted by atomic mass is 32.2. The van der Waals surface area contributed by atoms with Crippen molar-refractivity contribution in [2.75, 3.05) is 0 Å². The molecule has 0 bridgehead atoms. The highest BCUT2D eigenvalue weighted by molar-refractivity contribution is 7.99. The summed E-state index contributed by atoms with van der Waals surface area (Å²) < 4.78 is 0. The minimum Gasteiger partial charge on any atom is -0.327 e. The summed E-state index contributed by atoms with van der Waals surface area (Å²) >= 11 is 2.02. The van der Waals surface area contributed by atoms with Crippen molar-refractivity contribution in [3.8, 4) is 0 Å². The summed E-state index contributed by atoms with van der Waals surface area (Å²) in [6.07, 6.45) is 3.64. The summed E-state index contributed by atoms with van der Waals surface area (Å²) in [5.41, 5.74) is 7.75. The first kappa shape index (κ1) is 15.6. The van der Waals surface area contributed by atoms with Gasteiger partial charge in [-0.25, -0.2) is 0 Å². The summed E-state index contributed by atoms with van der Waals surface area (Å²) in [5.74, 6) is 1.72. The second kappa shape index (κ2) is 8.60. The first-order valence-electron chi connectivity index (χ1n) is 7.06. The van der Waals surface area contributed by atoms with E-state index < -0.39 is 0 Å². The lowest BCUT2D eigenvalue weighted by molar-refractivity contribution is 0.475. The van der Waals surface area contributed by atoms with Crippen LogP contribution in [0.25, 0.3) is 0 Å². The molecule has 1 aromatic carbocycles. The summed E-state index contributed by atoms with van der Waals surface area (Å²) in [6, 6.07) is 11.0. The van der Waals surface area contributed by atoms with E-state index in [1.807, 2.05) is 11.8 Å². The minimum atomic E-state index is 0.332. The molecule has 0 fully saturated rings. The highest BCUT2D eigenvalue weighted by Gasteiger charge is 2.21. The zero-order chi connectivity index (χ0) is 13.4. The molecule has 0 aromatic heterocycles. The maximum absolute atomic E-state index is 6.35. The average Bonchev–Trinajstić information content (AvgIpc) is 2.37. The van der Waals surface area contributed by atoms with E-state index >= 15 is 0 Å². The molecule has 1 aromatic rings. The van der Waals surface area contributed by atoms with Gasteiger partial charge < -0.3 is 5.73 Å². The normalized spacial score (nSPS) is 14.7. The largest absolute Gasteiger partial charge is 0.327 e. The van der Waals surface area contributed by atoms with Crippen LogP contribution in [0.3, 0.4) is 0 Å². The van der Waals surface area contributed by atoms with E-state index in [2.05, 4.69) is 51.1 Å². The predicted molar refractivity (Wildman–Crippen MR) is 83.9 cm³/mol. The molecule has 0 amide bonds. The van der Waals surface area contributed by atoms with Crippen molar-refractivity contribution >= 4 is 11.8 Å². The van der Waals surface area contributed by atoms with Crippen LogP contribution in [0.4, 0.5) is 0 Å². The molecule has 0 aliphatic carbocycles. The summed E-state index contributed by atoms with van der Waals surface area (Å²) in [4.78, 5) is 0. The van der Waals surface area contributed by atoms with Crippen molar-refractivity contribution in [1.82, 2.24) is 0 Å². The monoisotopic (exact) mass is 265 g/mol. The molecule has 2 heteroatoms. The fourth-order valence-electron chi connectivity index (χ4n) is 2.18. The van der Waals surface area contributed by atoms with Crippen LogP contribution in [0.5, 0.6) is 0 Å². The van der Waals surface area contributed by atoms with Gasteiger partial charge in [0.05, 0.1) is 0 Å². The topological polar surface area (TPSA) is 26.0 Å². The first-order valence-corrected chi connectivity index (χ1v) is 8.11. The minimum absolute atomic E-state index is 0.332. The lowest BCUT2D eigenvalue weighted by Gasteiger charge is -2.27. The van der Waals surface area contributed by atoms with Crippen molar-refractivity contribution in [3.63, 3.8) is 0 Å². The molecule has 2 N–H and O–H groups in total. The number of hydrogen-bond donors (Lipinski definition) is 1. The van der Waals surface area contributed by atoms with E-state index in [1.54, 1.807) is 0 Å². The summed E-state index contributed by atoms with van der Waals surface area (Å²) in [6.45, 7) is 6.80. The Balaban J connectivity index is 2.47. The van der Waals surface area contributed by atoms with Gasteiger partial charge in [-0.2, -0.15) is 11.8 Å². The van der Waals surface area contributed by atoms with E-state index in [0.717, 1.165) is 12.2 Å². The number of benzene rings is 1. The standard InChI is InChI=1S/C16H27NS/c1-4-5-11-15(17)16(13(2)3)18-12-14-9-7-6-8-10-14/h6-10,13,15-16H,4-5,11-12,17H2,1-3H3/t15-,16-/m1/s1. The van der Waals surface area contributed by atoms with Gasteiger partial charge in [-0.3, -0.25) is 0 Å². The second-order valence-electron chi connectivity index (χ2n) is 5.31. The van der Waals surface area contributed by atoms with Crippen molar-refractivity contribution in [2.45, 2.75) is 57.1 Å². The van der Waals surface area contributed by atoms with Crippen LogP contribution in [0.15, 0.2) is 30.3 Å². The molecule has 0 saturated carbocycles. The molecule has 0 unspecified atom stereocenters. The number of nitrogens with two attached hydrogens (primary N) is 1. The smallest absolute Gasteiger partial charge is 0.0225 e. The number of hydrogen-bond acceptors (Lipinski definition) is 2. The summed E-state index contributed by atoms with van der Waals surface area (Å²) in [7, 11) is 0. The summed E-state index contributed by atoms with van der Waals surface area (Å²) in [5, 5.41) is 0.566. The predicted octanol–water partition coefficient (Wildman–Crippen LogP) is 4.46. The number of rotatable bonds is 8. The van der Waals surface area contributed by atoms with E-state index in [0.29, 0.717) is 17.2 Å². The van der Waals surface area contributed by atoms with E-state index in [4.69, 9.17) is 5.73 Å². The van der Waals surface area contributed by atoms with Crippen LogP contribution in [0.2, 0.25) is 0 Å². The Morgan fingerprint density at radius 3 is 2.39 bits per heavy atom. The highest BCUT2D eigenvalue weighted by Crippen LogP contribution is 2.27. The second-order valence-corrected chi connectivity index (χ2v) is 6.48. The van der Waals surface area contributed by atoms with Gasteiger partial charge in [0.25, 0.3) is 0 Å². The Morgan fingerprint density at radius 1 is 1.17 bits per heavy atom. The molecule has 1 rings (SSSR count). The SMILES string of the molecule is CCCC[C@@H](N)[C@H](SCc1ccccc1)C(C)C. The van der Waals surface area contributed by atoms with Gasteiger partial charge in [0.15, 0.2) is 0 Å². The van der Waals surface area contributed by atoms with Gasteiger partial charge in [-0.15, -0.1) is 0 Å². The molecule has 18 heavy (non-hydrogen) atoms. The quantitative estimate of drug-likeness (QED) is 0.751. The maximum Gasteiger partial charge on any atom is 0.0225 e. The molecule has 0 saturated heterocycles. The Labute approximate surface area is 117 Å². The third kappa shape index (κ3) is 5.45. The molecule has 0 radical (unpaired) electrons. The van der Waals surface area contributed by atoms with Crippen LogP contribution in [-0.4, -0.2) is 11.3 Å². The van der Waals surface area contributed by atoms with Gasteiger partial charge in [-0.05, 0) is 17.9 Å². The maximum atomic E-state index is 6.35. The third-order valence-electron chi connectivity index (χ3n) is 3.26. The molecule has 1 nitrogen and oxygen atoms in total. The molecule has 0 aliphatic rings. The zero-order valence-corrected chi connectivity index (χ0v) is 12.7. The van der Waals surface area contributed by atoms with E-state index in [9.17, 15) is 0 Å². The first-order chi connectivity index (χ1) is 8.65. The average molecular weight is 265 g/mol. The van der Waals surface area contributed by atoms with Gasteiger partial charge in [0, 0.05) is 17.0 Å². The molecule has 0 spiro atoms. The van der Waals surface area contributed by atoms with Crippen LogP contribution in [0.1, 0.15) is 45.6 Å². The lowest BCUT2D eigenvalue weighted by atomic mass is 9.99. The Hall–Kier alpha value is -0.470. The van der Waals surface area contributed by atoms with Gasteiger partial charge in [0.2, 0.25) is 0 Å². The van der Waals surface area contributed by atoms with Gasteiger partial charge in [0.1, 0.15) is 0 Å². The lowest BCUT2D eigenvalue weighted by Crippen LogP contribution is -2.36. The molecular weight excluding hydrogens is 238 g/mol.